The minimum Gasteiger partial charge on any atom is -0.369 e. The van der Waals surface area contributed by atoms with Crippen LogP contribution in [0, 0.1) is 0 Å². The maximum absolute atomic E-state index is 11.5. The first-order valence-electron chi connectivity index (χ1n) is 7.55. The van der Waals surface area contributed by atoms with E-state index in [0.29, 0.717) is 12.6 Å². The molecule has 0 saturated heterocycles. The van der Waals surface area contributed by atoms with Crippen LogP contribution < -0.4 is 11.5 Å². The molecule has 2 aliphatic rings. The van der Waals surface area contributed by atoms with E-state index in [1.807, 2.05) is 6.07 Å². The van der Waals surface area contributed by atoms with Crippen LogP contribution in [0.15, 0.2) is 24.3 Å². The van der Waals surface area contributed by atoms with E-state index >= 15 is 0 Å². The SMILES string of the molecule is NC(=O)CN(C1CCCC1)C1CC(N)c2ccccc21. The third kappa shape index (κ3) is 2.45. The number of primary amides is 1. The van der Waals surface area contributed by atoms with Crippen molar-refractivity contribution in [3.8, 4) is 0 Å². The van der Waals surface area contributed by atoms with Crippen molar-refractivity contribution in [1.82, 2.24) is 4.90 Å². The van der Waals surface area contributed by atoms with Crippen molar-refractivity contribution < 1.29 is 4.79 Å². The first-order valence-corrected chi connectivity index (χ1v) is 7.55. The lowest BCUT2D eigenvalue weighted by Crippen LogP contribution is -2.42. The van der Waals surface area contributed by atoms with Gasteiger partial charge in [0.2, 0.25) is 5.91 Å². The molecule has 3 rings (SSSR count). The van der Waals surface area contributed by atoms with Gasteiger partial charge in [-0.3, -0.25) is 9.69 Å². The maximum Gasteiger partial charge on any atom is 0.231 e. The van der Waals surface area contributed by atoms with E-state index in [0.717, 1.165) is 6.42 Å². The number of nitrogens with two attached hydrogens (primary N) is 2. The molecular formula is C16H23N3O. The van der Waals surface area contributed by atoms with E-state index in [-0.39, 0.29) is 18.0 Å². The number of fused-ring (bicyclic) bond motifs is 1. The Morgan fingerprint density at radius 2 is 1.85 bits per heavy atom. The van der Waals surface area contributed by atoms with Crippen LogP contribution in [-0.2, 0) is 4.79 Å². The fraction of sp³-hybridized carbons (Fsp3) is 0.562. The summed E-state index contributed by atoms with van der Waals surface area (Å²) >= 11 is 0. The van der Waals surface area contributed by atoms with E-state index in [4.69, 9.17) is 11.5 Å². The molecule has 4 N–H and O–H groups in total. The van der Waals surface area contributed by atoms with E-state index in [2.05, 4.69) is 23.1 Å². The zero-order valence-electron chi connectivity index (χ0n) is 11.8. The zero-order chi connectivity index (χ0) is 14.1. The van der Waals surface area contributed by atoms with Crippen molar-refractivity contribution in [2.24, 2.45) is 11.5 Å². The molecule has 20 heavy (non-hydrogen) atoms. The molecule has 1 amide bonds. The summed E-state index contributed by atoms with van der Waals surface area (Å²) in [6, 6.07) is 9.15. The van der Waals surface area contributed by atoms with Gasteiger partial charge in [0, 0.05) is 18.1 Å². The van der Waals surface area contributed by atoms with Gasteiger partial charge < -0.3 is 11.5 Å². The van der Waals surface area contributed by atoms with E-state index in [1.54, 1.807) is 0 Å². The molecule has 2 aliphatic carbocycles. The summed E-state index contributed by atoms with van der Waals surface area (Å²) in [6.45, 7) is 0.344. The summed E-state index contributed by atoms with van der Waals surface area (Å²) < 4.78 is 0. The van der Waals surface area contributed by atoms with E-state index in [1.165, 1.54) is 36.8 Å². The van der Waals surface area contributed by atoms with Crippen molar-refractivity contribution in [2.45, 2.75) is 50.2 Å². The number of carbonyl (C=O) groups excluding carboxylic acids is 1. The van der Waals surface area contributed by atoms with Gasteiger partial charge in [-0.25, -0.2) is 0 Å². The Morgan fingerprint density at radius 1 is 1.20 bits per heavy atom. The van der Waals surface area contributed by atoms with Crippen LogP contribution in [0.4, 0.5) is 0 Å². The first-order chi connectivity index (χ1) is 9.66. The van der Waals surface area contributed by atoms with Gasteiger partial charge in [-0.05, 0) is 30.4 Å². The highest BCUT2D eigenvalue weighted by Crippen LogP contribution is 2.43. The van der Waals surface area contributed by atoms with Crippen LogP contribution in [0.1, 0.15) is 55.3 Å². The second-order valence-electron chi connectivity index (χ2n) is 6.06. The molecule has 0 aromatic heterocycles. The third-order valence-corrected chi connectivity index (χ3v) is 4.76. The lowest BCUT2D eigenvalue weighted by molar-refractivity contribution is -0.120. The van der Waals surface area contributed by atoms with Crippen molar-refractivity contribution in [2.75, 3.05) is 6.54 Å². The molecule has 0 heterocycles. The smallest absolute Gasteiger partial charge is 0.231 e. The van der Waals surface area contributed by atoms with Gasteiger partial charge in [-0.1, -0.05) is 37.1 Å². The minimum atomic E-state index is -0.241. The summed E-state index contributed by atoms with van der Waals surface area (Å²) in [7, 11) is 0. The molecule has 4 heteroatoms. The van der Waals surface area contributed by atoms with Gasteiger partial charge in [0.1, 0.15) is 0 Å². The Morgan fingerprint density at radius 3 is 2.50 bits per heavy atom. The molecule has 0 bridgehead atoms. The fourth-order valence-corrected chi connectivity index (χ4v) is 3.87. The van der Waals surface area contributed by atoms with Crippen molar-refractivity contribution in [3.05, 3.63) is 35.4 Å². The normalized spacial score (nSPS) is 26.1. The van der Waals surface area contributed by atoms with Crippen LogP contribution >= 0.6 is 0 Å². The lowest BCUT2D eigenvalue weighted by atomic mass is 10.0. The molecule has 2 unspecified atom stereocenters. The quantitative estimate of drug-likeness (QED) is 0.879. The highest BCUT2D eigenvalue weighted by atomic mass is 16.1. The number of benzene rings is 1. The van der Waals surface area contributed by atoms with E-state index < -0.39 is 0 Å². The molecule has 0 spiro atoms. The second-order valence-corrected chi connectivity index (χ2v) is 6.06. The molecular weight excluding hydrogens is 250 g/mol. The molecule has 108 valence electrons. The van der Waals surface area contributed by atoms with Crippen molar-refractivity contribution >= 4 is 5.91 Å². The number of rotatable bonds is 4. The van der Waals surface area contributed by atoms with Gasteiger partial charge in [0.25, 0.3) is 0 Å². The Bertz CT molecular complexity index is 496. The molecule has 1 aromatic rings. The summed E-state index contributed by atoms with van der Waals surface area (Å²) in [5, 5.41) is 0. The average molecular weight is 273 g/mol. The molecule has 1 aromatic carbocycles. The number of carbonyl (C=O) groups is 1. The fourth-order valence-electron chi connectivity index (χ4n) is 3.87. The number of hydrogen-bond acceptors (Lipinski definition) is 3. The van der Waals surface area contributed by atoms with Crippen molar-refractivity contribution in [3.63, 3.8) is 0 Å². The average Bonchev–Trinajstić information content (AvgIpc) is 3.05. The van der Waals surface area contributed by atoms with Gasteiger partial charge in [0.05, 0.1) is 6.54 Å². The largest absolute Gasteiger partial charge is 0.369 e. The predicted molar refractivity (Wildman–Crippen MR) is 78.9 cm³/mol. The Balaban J connectivity index is 1.89. The van der Waals surface area contributed by atoms with Crippen LogP contribution in [0.25, 0.3) is 0 Å². The predicted octanol–water partition coefficient (Wildman–Crippen LogP) is 1.86. The first kappa shape index (κ1) is 13.6. The third-order valence-electron chi connectivity index (χ3n) is 4.76. The van der Waals surface area contributed by atoms with Gasteiger partial charge in [0.15, 0.2) is 0 Å². The van der Waals surface area contributed by atoms with Crippen LogP contribution in [0.2, 0.25) is 0 Å². The van der Waals surface area contributed by atoms with Gasteiger partial charge >= 0.3 is 0 Å². The number of hydrogen-bond donors (Lipinski definition) is 2. The molecule has 1 saturated carbocycles. The van der Waals surface area contributed by atoms with E-state index in [9.17, 15) is 4.79 Å². The Hall–Kier alpha value is -1.39. The van der Waals surface area contributed by atoms with Crippen molar-refractivity contribution in [1.29, 1.82) is 0 Å². The minimum absolute atomic E-state index is 0.0768. The topological polar surface area (TPSA) is 72.4 Å². The molecule has 2 atom stereocenters. The summed E-state index contributed by atoms with van der Waals surface area (Å²) in [5.41, 5.74) is 14.2. The molecule has 1 fully saturated rings. The van der Waals surface area contributed by atoms with Crippen LogP contribution in [0.5, 0.6) is 0 Å². The van der Waals surface area contributed by atoms with Gasteiger partial charge in [-0.15, -0.1) is 0 Å². The highest BCUT2D eigenvalue weighted by molar-refractivity contribution is 5.76. The van der Waals surface area contributed by atoms with Crippen LogP contribution in [-0.4, -0.2) is 23.4 Å². The molecule has 0 radical (unpaired) electrons. The molecule has 0 aliphatic heterocycles. The number of nitrogens with zero attached hydrogens (tertiary/aromatic N) is 1. The summed E-state index contributed by atoms with van der Waals surface area (Å²) in [6.07, 6.45) is 5.73. The zero-order valence-corrected chi connectivity index (χ0v) is 11.8. The molecule has 4 nitrogen and oxygen atoms in total. The second kappa shape index (κ2) is 5.54. The standard InChI is InChI=1S/C16H23N3O/c17-14-9-15(13-8-4-3-7-12(13)14)19(10-16(18)20)11-5-1-2-6-11/h3-4,7-8,11,14-15H,1-2,5-6,9-10,17H2,(H2,18,20). The Labute approximate surface area is 120 Å². The van der Waals surface area contributed by atoms with Gasteiger partial charge in [-0.2, -0.15) is 0 Å². The summed E-state index contributed by atoms with van der Waals surface area (Å²) in [5.74, 6) is -0.241. The van der Waals surface area contributed by atoms with Crippen LogP contribution in [0.3, 0.4) is 0 Å². The highest BCUT2D eigenvalue weighted by Gasteiger charge is 2.37. The number of amides is 1. The lowest BCUT2D eigenvalue weighted by Gasteiger charge is -2.34. The summed E-state index contributed by atoms with van der Waals surface area (Å²) in [4.78, 5) is 13.8. The Kier molecular flexibility index (Phi) is 3.76. The maximum atomic E-state index is 11.5. The monoisotopic (exact) mass is 273 g/mol.